The highest BCUT2D eigenvalue weighted by molar-refractivity contribution is 6.04. The van der Waals surface area contributed by atoms with Crippen LogP contribution < -0.4 is 4.90 Å². The molecule has 6 heteroatoms. The fraction of sp³-hybridized carbons (Fsp3) is 0.524. The lowest BCUT2D eigenvalue weighted by Gasteiger charge is -2.41. The molecule has 0 bridgehead atoms. The van der Waals surface area contributed by atoms with Gasteiger partial charge in [-0.2, -0.15) is 0 Å². The van der Waals surface area contributed by atoms with Gasteiger partial charge in [0, 0.05) is 30.9 Å². The summed E-state index contributed by atoms with van der Waals surface area (Å²) in [7, 11) is 1.70. The topological polar surface area (TPSA) is 60.9 Å². The molecule has 1 aliphatic rings. The van der Waals surface area contributed by atoms with E-state index in [0.29, 0.717) is 18.8 Å². The molecule has 1 aliphatic heterocycles. The number of benzene rings is 1. The first-order valence-electron chi connectivity index (χ1n) is 9.29. The van der Waals surface area contributed by atoms with Crippen molar-refractivity contribution in [2.45, 2.75) is 45.4 Å². The van der Waals surface area contributed by atoms with Crippen LogP contribution >= 0.6 is 0 Å². The zero-order chi connectivity index (χ0) is 19.6. The largest absolute Gasteiger partial charge is 0.456 e. The summed E-state index contributed by atoms with van der Waals surface area (Å²) < 4.78 is 16.8. The Morgan fingerprint density at radius 3 is 2.81 bits per heavy atom. The zero-order valence-electron chi connectivity index (χ0n) is 16.7. The third-order valence-corrected chi connectivity index (χ3v) is 4.67. The van der Waals surface area contributed by atoms with E-state index in [4.69, 9.17) is 14.2 Å². The predicted molar refractivity (Wildman–Crippen MR) is 105 cm³/mol. The van der Waals surface area contributed by atoms with Crippen LogP contribution in [0.15, 0.2) is 30.5 Å². The Morgan fingerprint density at radius 1 is 1.33 bits per heavy atom. The molecule has 146 valence electrons. The first kappa shape index (κ1) is 19.6. The van der Waals surface area contributed by atoms with Crippen molar-refractivity contribution in [3.05, 3.63) is 36.0 Å². The Morgan fingerprint density at radius 2 is 2.11 bits per heavy atom. The molecular formula is C21H28N2O4. The van der Waals surface area contributed by atoms with Gasteiger partial charge < -0.3 is 19.1 Å². The minimum Gasteiger partial charge on any atom is -0.456 e. The zero-order valence-corrected chi connectivity index (χ0v) is 16.7. The summed E-state index contributed by atoms with van der Waals surface area (Å²) >= 11 is 0. The first-order chi connectivity index (χ1) is 12.8. The van der Waals surface area contributed by atoms with E-state index in [1.54, 1.807) is 19.4 Å². The number of fused-ring (bicyclic) bond motifs is 1. The molecule has 0 unspecified atom stereocenters. The third kappa shape index (κ3) is 4.39. The number of hydrogen-bond donors (Lipinski definition) is 0. The van der Waals surface area contributed by atoms with Crippen LogP contribution in [-0.4, -0.2) is 55.6 Å². The number of morpholine rings is 1. The smallest absolute Gasteiger partial charge is 0.339 e. The molecule has 2 aromatic rings. The highest BCUT2D eigenvalue weighted by Gasteiger charge is 2.30. The Labute approximate surface area is 160 Å². The van der Waals surface area contributed by atoms with Crippen LogP contribution in [0.3, 0.4) is 0 Å². The summed E-state index contributed by atoms with van der Waals surface area (Å²) in [6.07, 6.45) is 1.71. The van der Waals surface area contributed by atoms with Gasteiger partial charge in [-0.1, -0.05) is 0 Å². The normalized spacial score (nSPS) is 20.7. The van der Waals surface area contributed by atoms with Crippen molar-refractivity contribution >= 4 is 22.6 Å². The monoisotopic (exact) mass is 372 g/mol. The predicted octanol–water partition coefficient (Wildman–Crippen LogP) is 3.43. The number of esters is 1. The van der Waals surface area contributed by atoms with Gasteiger partial charge in [0.2, 0.25) is 0 Å². The van der Waals surface area contributed by atoms with Crippen LogP contribution in [0.5, 0.6) is 0 Å². The lowest BCUT2D eigenvalue weighted by molar-refractivity contribution is 0.000677. The first-order valence-corrected chi connectivity index (χ1v) is 9.29. The minimum atomic E-state index is -0.548. The van der Waals surface area contributed by atoms with E-state index in [2.05, 4.69) is 16.8 Å². The fourth-order valence-corrected chi connectivity index (χ4v) is 3.41. The Hall–Kier alpha value is -2.18. The maximum absolute atomic E-state index is 12.7. The molecule has 1 fully saturated rings. The van der Waals surface area contributed by atoms with E-state index >= 15 is 0 Å². The summed E-state index contributed by atoms with van der Waals surface area (Å²) in [5.41, 5.74) is 1.78. The number of hydrogen-bond acceptors (Lipinski definition) is 6. The standard InChI is InChI=1S/C21H28N2O4/c1-14-19(13-25-5)23(10-11-26-14)15-6-7-18-17(12-15)16(8-9-22-18)20(24)27-21(2,3)4/h6-9,12,14,19H,10-11,13H2,1-5H3/t14-,19-/m0/s1. The minimum absolute atomic E-state index is 0.0635. The number of aromatic nitrogens is 1. The molecule has 1 aromatic heterocycles. The number of ether oxygens (including phenoxy) is 3. The third-order valence-electron chi connectivity index (χ3n) is 4.67. The SMILES string of the molecule is COC[C@H]1[C@H](C)OCCN1c1ccc2nccc(C(=O)OC(C)(C)C)c2c1. The summed E-state index contributed by atoms with van der Waals surface area (Å²) in [5.74, 6) is -0.337. The van der Waals surface area contributed by atoms with E-state index in [-0.39, 0.29) is 18.1 Å². The number of rotatable bonds is 4. The second-order valence-corrected chi connectivity index (χ2v) is 7.85. The summed E-state index contributed by atoms with van der Waals surface area (Å²) in [6.45, 7) is 9.66. The van der Waals surface area contributed by atoms with E-state index < -0.39 is 5.60 Å². The van der Waals surface area contributed by atoms with Gasteiger partial charge in [-0.15, -0.1) is 0 Å². The molecule has 2 heterocycles. The van der Waals surface area contributed by atoms with Gasteiger partial charge in [-0.3, -0.25) is 4.98 Å². The summed E-state index contributed by atoms with van der Waals surface area (Å²) in [6, 6.07) is 7.83. The van der Waals surface area contributed by atoms with Gasteiger partial charge >= 0.3 is 5.97 Å². The number of methoxy groups -OCH3 is 1. The number of carbonyl (C=O) groups is 1. The highest BCUT2D eigenvalue weighted by atomic mass is 16.6. The van der Waals surface area contributed by atoms with E-state index in [9.17, 15) is 4.79 Å². The number of nitrogens with zero attached hydrogens (tertiary/aromatic N) is 2. The lowest BCUT2D eigenvalue weighted by Crippen LogP contribution is -2.52. The van der Waals surface area contributed by atoms with Gasteiger partial charge in [0.05, 0.1) is 36.4 Å². The average Bonchev–Trinajstić information content (AvgIpc) is 2.61. The highest BCUT2D eigenvalue weighted by Crippen LogP contribution is 2.29. The molecule has 0 amide bonds. The van der Waals surface area contributed by atoms with Crippen molar-refractivity contribution in [1.29, 1.82) is 0 Å². The molecular weight excluding hydrogens is 344 g/mol. The van der Waals surface area contributed by atoms with Crippen molar-refractivity contribution in [3.63, 3.8) is 0 Å². The number of carbonyl (C=O) groups excluding carboxylic acids is 1. The molecule has 27 heavy (non-hydrogen) atoms. The molecule has 0 spiro atoms. The Balaban J connectivity index is 2.01. The Bertz CT molecular complexity index is 815. The number of pyridine rings is 1. The second-order valence-electron chi connectivity index (χ2n) is 7.85. The van der Waals surface area contributed by atoms with Crippen molar-refractivity contribution in [1.82, 2.24) is 4.98 Å². The quantitative estimate of drug-likeness (QED) is 0.767. The molecule has 6 nitrogen and oxygen atoms in total. The van der Waals surface area contributed by atoms with Crippen molar-refractivity contribution in [3.8, 4) is 0 Å². The molecule has 1 saturated heterocycles. The van der Waals surface area contributed by atoms with Crippen molar-refractivity contribution in [2.24, 2.45) is 0 Å². The van der Waals surface area contributed by atoms with Crippen LogP contribution in [0.4, 0.5) is 5.69 Å². The second kappa shape index (κ2) is 7.82. The van der Waals surface area contributed by atoms with Gasteiger partial charge in [0.25, 0.3) is 0 Å². The van der Waals surface area contributed by atoms with E-state index in [1.165, 1.54) is 0 Å². The van der Waals surface area contributed by atoms with Crippen LogP contribution in [-0.2, 0) is 14.2 Å². The van der Waals surface area contributed by atoms with Gasteiger partial charge in [0.15, 0.2) is 0 Å². The lowest BCUT2D eigenvalue weighted by atomic mass is 10.0. The van der Waals surface area contributed by atoms with Crippen LogP contribution in [0.2, 0.25) is 0 Å². The summed E-state index contributed by atoms with van der Waals surface area (Å²) in [4.78, 5) is 19.4. The molecule has 0 N–H and O–H groups in total. The van der Waals surface area contributed by atoms with Crippen molar-refractivity contribution in [2.75, 3.05) is 31.8 Å². The van der Waals surface area contributed by atoms with Crippen molar-refractivity contribution < 1.29 is 19.0 Å². The van der Waals surface area contributed by atoms with Crippen LogP contribution in [0, 0.1) is 0 Å². The average molecular weight is 372 g/mol. The van der Waals surface area contributed by atoms with Gasteiger partial charge in [-0.05, 0) is 52.0 Å². The molecule has 1 aromatic carbocycles. The molecule has 0 saturated carbocycles. The molecule has 0 radical (unpaired) electrons. The van der Waals surface area contributed by atoms with E-state index in [1.807, 2.05) is 39.0 Å². The number of anilines is 1. The van der Waals surface area contributed by atoms with Crippen LogP contribution in [0.25, 0.3) is 10.9 Å². The maximum atomic E-state index is 12.7. The van der Waals surface area contributed by atoms with E-state index in [0.717, 1.165) is 23.1 Å². The van der Waals surface area contributed by atoms with Gasteiger partial charge in [0.1, 0.15) is 5.60 Å². The molecule has 3 rings (SSSR count). The molecule has 2 atom stereocenters. The molecule has 0 aliphatic carbocycles. The fourth-order valence-electron chi connectivity index (χ4n) is 3.41. The summed E-state index contributed by atoms with van der Waals surface area (Å²) in [5, 5.41) is 0.791. The maximum Gasteiger partial charge on any atom is 0.339 e. The Kier molecular flexibility index (Phi) is 5.67. The van der Waals surface area contributed by atoms with Gasteiger partial charge in [-0.25, -0.2) is 4.79 Å². The van der Waals surface area contributed by atoms with Crippen LogP contribution in [0.1, 0.15) is 38.1 Å².